The Balaban J connectivity index is 3.06. The molecule has 1 N–H and O–H groups in total. The van der Waals surface area contributed by atoms with E-state index in [2.05, 4.69) is 12.4 Å². The SMILES string of the molecule is [CH2]NC(=O)c1ccc(F)c(OC)c1. The van der Waals surface area contributed by atoms with Crippen LogP contribution in [-0.2, 0) is 0 Å². The molecule has 0 heterocycles. The van der Waals surface area contributed by atoms with Crippen molar-refractivity contribution >= 4 is 5.91 Å². The van der Waals surface area contributed by atoms with Crippen LogP contribution in [0.25, 0.3) is 0 Å². The fraction of sp³-hybridized carbons (Fsp3) is 0.111. The van der Waals surface area contributed by atoms with Crippen LogP contribution in [0.3, 0.4) is 0 Å². The number of hydrogen-bond donors (Lipinski definition) is 1. The summed E-state index contributed by atoms with van der Waals surface area (Å²) in [6, 6.07) is 3.84. The Labute approximate surface area is 75.5 Å². The summed E-state index contributed by atoms with van der Waals surface area (Å²) in [4.78, 5) is 11.0. The van der Waals surface area contributed by atoms with Gasteiger partial charge in [0.25, 0.3) is 5.91 Å². The number of benzene rings is 1. The normalized spacial score (nSPS) is 9.46. The number of halogens is 1. The highest BCUT2D eigenvalue weighted by molar-refractivity contribution is 5.94. The van der Waals surface area contributed by atoms with E-state index in [4.69, 9.17) is 4.74 Å². The maximum absolute atomic E-state index is 12.9. The third-order valence-electron chi connectivity index (χ3n) is 1.57. The van der Waals surface area contributed by atoms with Gasteiger partial charge in [-0.2, -0.15) is 0 Å². The molecular formula is C9H9FNO2. The van der Waals surface area contributed by atoms with Gasteiger partial charge in [0, 0.05) is 12.6 Å². The second kappa shape index (κ2) is 3.89. The molecule has 3 nitrogen and oxygen atoms in total. The van der Waals surface area contributed by atoms with Gasteiger partial charge in [0.1, 0.15) is 0 Å². The van der Waals surface area contributed by atoms with Crippen molar-refractivity contribution in [3.63, 3.8) is 0 Å². The van der Waals surface area contributed by atoms with Crippen molar-refractivity contribution in [2.45, 2.75) is 0 Å². The van der Waals surface area contributed by atoms with Crippen LogP contribution in [0.1, 0.15) is 10.4 Å². The lowest BCUT2D eigenvalue weighted by molar-refractivity contribution is 0.0968. The van der Waals surface area contributed by atoms with E-state index in [1.807, 2.05) is 0 Å². The quantitative estimate of drug-likeness (QED) is 0.749. The number of rotatable bonds is 2. The molecule has 13 heavy (non-hydrogen) atoms. The van der Waals surface area contributed by atoms with Crippen molar-refractivity contribution in [2.24, 2.45) is 0 Å². The van der Waals surface area contributed by atoms with E-state index < -0.39 is 5.82 Å². The molecule has 1 rings (SSSR count). The van der Waals surface area contributed by atoms with E-state index in [9.17, 15) is 9.18 Å². The Morgan fingerprint density at radius 3 is 2.85 bits per heavy atom. The molecule has 0 spiro atoms. The Hall–Kier alpha value is -1.58. The number of ether oxygens (including phenoxy) is 1. The standard InChI is InChI=1S/C9H9FNO2/c1-11-9(12)6-3-4-7(10)8(5-6)13-2/h3-5H,1H2,2H3,(H,11,12). The smallest absolute Gasteiger partial charge is 0.251 e. The molecule has 0 saturated carbocycles. The molecule has 0 unspecified atom stereocenters. The van der Waals surface area contributed by atoms with E-state index in [1.54, 1.807) is 0 Å². The number of carbonyl (C=O) groups excluding carboxylic acids is 1. The predicted molar refractivity (Wildman–Crippen MR) is 45.8 cm³/mol. The van der Waals surface area contributed by atoms with Gasteiger partial charge >= 0.3 is 0 Å². The van der Waals surface area contributed by atoms with Crippen LogP contribution in [0, 0.1) is 12.9 Å². The number of amides is 1. The summed E-state index contributed by atoms with van der Waals surface area (Å²) in [7, 11) is 4.54. The molecule has 0 fully saturated rings. The summed E-state index contributed by atoms with van der Waals surface area (Å²) in [5.74, 6) is -0.831. The van der Waals surface area contributed by atoms with E-state index in [0.717, 1.165) is 0 Å². The van der Waals surface area contributed by atoms with E-state index >= 15 is 0 Å². The summed E-state index contributed by atoms with van der Waals surface area (Å²) in [6.45, 7) is 0. The largest absolute Gasteiger partial charge is 0.494 e. The summed E-state index contributed by atoms with van der Waals surface area (Å²) in [6.07, 6.45) is 0. The Bertz CT molecular complexity index is 325. The number of hydrogen-bond acceptors (Lipinski definition) is 2. The molecule has 0 aliphatic rings. The molecule has 1 aromatic carbocycles. The minimum Gasteiger partial charge on any atom is -0.494 e. The molecule has 1 aromatic rings. The van der Waals surface area contributed by atoms with Crippen LogP contribution in [0.4, 0.5) is 4.39 Å². The monoisotopic (exact) mass is 182 g/mol. The molecule has 0 aliphatic heterocycles. The summed E-state index contributed by atoms with van der Waals surface area (Å²) >= 11 is 0. The van der Waals surface area contributed by atoms with Crippen LogP contribution in [0.15, 0.2) is 18.2 Å². The number of nitrogens with one attached hydrogen (secondary N) is 1. The Kier molecular flexibility index (Phi) is 2.84. The van der Waals surface area contributed by atoms with Crippen LogP contribution in [-0.4, -0.2) is 13.0 Å². The lowest BCUT2D eigenvalue weighted by Gasteiger charge is -2.03. The van der Waals surface area contributed by atoms with Gasteiger partial charge in [-0.15, -0.1) is 0 Å². The van der Waals surface area contributed by atoms with Crippen molar-refractivity contribution in [1.29, 1.82) is 0 Å². The fourth-order valence-electron chi connectivity index (χ4n) is 0.903. The van der Waals surface area contributed by atoms with Gasteiger partial charge in [0.05, 0.1) is 7.11 Å². The molecule has 1 amide bonds. The molecule has 0 saturated heterocycles. The average molecular weight is 182 g/mol. The first-order chi connectivity index (χ1) is 6.19. The van der Waals surface area contributed by atoms with E-state index in [0.29, 0.717) is 5.56 Å². The zero-order valence-corrected chi connectivity index (χ0v) is 7.13. The van der Waals surface area contributed by atoms with E-state index in [-0.39, 0.29) is 11.7 Å². The first-order valence-corrected chi connectivity index (χ1v) is 3.60. The summed E-state index contributed by atoms with van der Waals surface area (Å²) in [5, 5.41) is 2.19. The zero-order valence-electron chi connectivity index (χ0n) is 7.13. The van der Waals surface area contributed by atoms with E-state index in [1.165, 1.54) is 25.3 Å². The minimum absolute atomic E-state index is 0.0427. The molecule has 0 aromatic heterocycles. The van der Waals surface area contributed by atoms with Crippen molar-refractivity contribution in [2.75, 3.05) is 7.11 Å². The number of methoxy groups -OCH3 is 1. The van der Waals surface area contributed by atoms with Crippen LogP contribution < -0.4 is 10.1 Å². The highest BCUT2D eigenvalue weighted by Gasteiger charge is 2.07. The second-order valence-corrected chi connectivity index (χ2v) is 2.36. The van der Waals surface area contributed by atoms with Crippen molar-refractivity contribution in [3.05, 3.63) is 36.6 Å². The molecular weight excluding hydrogens is 173 g/mol. The third-order valence-corrected chi connectivity index (χ3v) is 1.57. The van der Waals surface area contributed by atoms with Crippen LogP contribution in [0.2, 0.25) is 0 Å². The fourth-order valence-corrected chi connectivity index (χ4v) is 0.903. The molecule has 0 atom stereocenters. The van der Waals surface area contributed by atoms with Crippen molar-refractivity contribution in [1.82, 2.24) is 5.32 Å². The lowest BCUT2D eigenvalue weighted by Crippen LogP contribution is -2.15. The third kappa shape index (κ3) is 1.96. The maximum Gasteiger partial charge on any atom is 0.251 e. The van der Waals surface area contributed by atoms with Gasteiger partial charge in [-0.05, 0) is 18.2 Å². The highest BCUT2D eigenvalue weighted by atomic mass is 19.1. The Morgan fingerprint density at radius 2 is 2.31 bits per heavy atom. The van der Waals surface area contributed by atoms with Gasteiger partial charge in [0.15, 0.2) is 11.6 Å². The van der Waals surface area contributed by atoms with Crippen molar-refractivity contribution < 1.29 is 13.9 Å². The van der Waals surface area contributed by atoms with Gasteiger partial charge in [0.2, 0.25) is 0 Å². The maximum atomic E-state index is 12.9. The lowest BCUT2D eigenvalue weighted by atomic mass is 10.2. The average Bonchev–Trinajstić information content (AvgIpc) is 2.17. The topological polar surface area (TPSA) is 38.3 Å². The van der Waals surface area contributed by atoms with Gasteiger partial charge in [-0.1, -0.05) is 0 Å². The predicted octanol–water partition coefficient (Wildman–Crippen LogP) is 1.36. The summed E-state index contributed by atoms with van der Waals surface area (Å²) in [5.41, 5.74) is 0.313. The van der Waals surface area contributed by atoms with Crippen LogP contribution >= 0.6 is 0 Å². The van der Waals surface area contributed by atoms with Gasteiger partial charge in [-0.25, -0.2) is 4.39 Å². The first kappa shape index (κ1) is 9.51. The summed E-state index contributed by atoms with van der Waals surface area (Å²) < 4.78 is 17.6. The molecule has 1 radical (unpaired) electrons. The van der Waals surface area contributed by atoms with Crippen molar-refractivity contribution in [3.8, 4) is 5.75 Å². The van der Waals surface area contributed by atoms with Gasteiger partial charge < -0.3 is 10.1 Å². The minimum atomic E-state index is -0.497. The molecule has 0 bridgehead atoms. The molecule has 0 aliphatic carbocycles. The number of carbonyl (C=O) groups is 1. The van der Waals surface area contributed by atoms with Crippen LogP contribution in [0.5, 0.6) is 5.75 Å². The second-order valence-electron chi connectivity index (χ2n) is 2.36. The zero-order chi connectivity index (χ0) is 9.84. The first-order valence-electron chi connectivity index (χ1n) is 3.60. The Morgan fingerprint density at radius 1 is 1.62 bits per heavy atom. The molecule has 4 heteroatoms. The molecule has 69 valence electrons. The van der Waals surface area contributed by atoms with Gasteiger partial charge in [-0.3, -0.25) is 4.79 Å². The highest BCUT2D eigenvalue weighted by Crippen LogP contribution is 2.17.